The largest absolute Gasteiger partial charge is 0.492 e. The van der Waals surface area contributed by atoms with Crippen molar-refractivity contribution in [1.29, 1.82) is 0 Å². The molecule has 1 heterocycles. The number of hydrogen-bond acceptors (Lipinski definition) is 5. The number of carbonyl (C=O) groups is 2. The van der Waals surface area contributed by atoms with Gasteiger partial charge in [0.25, 0.3) is 5.91 Å². The molecule has 6 heteroatoms. The fourth-order valence-corrected chi connectivity index (χ4v) is 3.43. The maximum Gasteiger partial charge on any atom is 0.331 e. The number of aromatic nitrogens is 1. The average molecular weight is 453 g/mol. The third kappa shape index (κ3) is 5.66. The molecule has 0 aliphatic rings. The van der Waals surface area contributed by atoms with Crippen LogP contribution < -0.4 is 10.1 Å². The summed E-state index contributed by atoms with van der Waals surface area (Å²) in [6, 6.07) is 27.5. The van der Waals surface area contributed by atoms with Crippen molar-refractivity contribution in [1.82, 2.24) is 4.98 Å². The van der Waals surface area contributed by atoms with Crippen LogP contribution in [0.15, 0.2) is 97.1 Å². The Kier molecular flexibility index (Phi) is 7.30. The predicted molar refractivity (Wildman–Crippen MR) is 132 cm³/mol. The highest BCUT2D eigenvalue weighted by Crippen LogP contribution is 2.27. The van der Waals surface area contributed by atoms with Crippen LogP contribution in [-0.4, -0.2) is 23.5 Å². The van der Waals surface area contributed by atoms with Crippen LogP contribution in [0.3, 0.4) is 0 Å². The lowest BCUT2D eigenvalue weighted by atomic mass is 10.1. The summed E-state index contributed by atoms with van der Waals surface area (Å²) in [7, 11) is 0. The van der Waals surface area contributed by atoms with E-state index in [0.29, 0.717) is 29.3 Å². The van der Waals surface area contributed by atoms with E-state index in [9.17, 15) is 9.59 Å². The maximum absolute atomic E-state index is 13.1. The van der Waals surface area contributed by atoms with Gasteiger partial charge in [-0.15, -0.1) is 0 Å². The van der Waals surface area contributed by atoms with E-state index in [1.165, 1.54) is 6.08 Å². The number of rotatable bonds is 8. The van der Waals surface area contributed by atoms with Crippen LogP contribution in [-0.2, 0) is 14.3 Å². The number of fused-ring (bicyclic) bond motifs is 1. The fraction of sp³-hybridized carbons (Fsp3) is 0.107. The molecule has 4 aromatic rings. The van der Waals surface area contributed by atoms with Gasteiger partial charge in [0.1, 0.15) is 5.75 Å². The van der Waals surface area contributed by atoms with E-state index in [1.54, 1.807) is 48.5 Å². The second-order valence-electron chi connectivity index (χ2n) is 7.41. The minimum absolute atomic E-state index is 0.456. The van der Waals surface area contributed by atoms with Gasteiger partial charge in [0, 0.05) is 17.0 Å². The first kappa shape index (κ1) is 22.7. The SMILES string of the molecule is CCOc1ccccc1NC(=O)C(OC(=O)/C=C/c1ccc2ccccc2n1)c1ccccc1. The Hall–Kier alpha value is -4.45. The van der Waals surface area contributed by atoms with Crippen LogP contribution in [0.2, 0.25) is 0 Å². The van der Waals surface area contributed by atoms with Gasteiger partial charge < -0.3 is 14.8 Å². The van der Waals surface area contributed by atoms with Crippen LogP contribution in [0.4, 0.5) is 5.69 Å². The lowest BCUT2D eigenvalue weighted by Crippen LogP contribution is -2.25. The Labute approximate surface area is 197 Å². The first-order chi connectivity index (χ1) is 16.6. The first-order valence-electron chi connectivity index (χ1n) is 11.0. The Morgan fingerprint density at radius 3 is 2.47 bits per heavy atom. The summed E-state index contributed by atoms with van der Waals surface area (Å²) in [6.07, 6.45) is 1.70. The smallest absolute Gasteiger partial charge is 0.331 e. The summed E-state index contributed by atoms with van der Waals surface area (Å²) in [6.45, 7) is 2.32. The zero-order chi connectivity index (χ0) is 23.8. The Balaban J connectivity index is 1.52. The molecule has 170 valence electrons. The number of pyridine rings is 1. The molecule has 1 amide bonds. The molecule has 0 bridgehead atoms. The highest BCUT2D eigenvalue weighted by atomic mass is 16.5. The number of hydrogen-bond donors (Lipinski definition) is 1. The van der Waals surface area contributed by atoms with Crippen molar-refractivity contribution >= 4 is 34.5 Å². The van der Waals surface area contributed by atoms with Crippen molar-refractivity contribution < 1.29 is 19.1 Å². The normalized spacial score (nSPS) is 11.8. The van der Waals surface area contributed by atoms with Crippen LogP contribution in [0.25, 0.3) is 17.0 Å². The van der Waals surface area contributed by atoms with E-state index in [4.69, 9.17) is 9.47 Å². The molecular formula is C28H24N2O4. The van der Waals surface area contributed by atoms with Gasteiger partial charge in [-0.2, -0.15) is 0 Å². The molecule has 1 atom stereocenters. The van der Waals surface area contributed by atoms with Crippen molar-refractivity contribution in [2.75, 3.05) is 11.9 Å². The molecule has 0 fully saturated rings. The van der Waals surface area contributed by atoms with E-state index < -0.39 is 18.0 Å². The minimum atomic E-state index is -1.14. The molecule has 1 aromatic heterocycles. The molecule has 1 unspecified atom stereocenters. The van der Waals surface area contributed by atoms with Crippen molar-refractivity contribution in [3.8, 4) is 5.75 Å². The van der Waals surface area contributed by atoms with E-state index in [1.807, 2.05) is 55.5 Å². The van der Waals surface area contributed by atoms with Gasteiger partial charge in [0.15, 0.2) is 0 Å². The zero-order valence-corrected chi connectivity index (χ0v) is 18.7. The van der Waals surface area contributed by atoms with Crippen molar-refractivity contribution in [3.05, 3.63) is 108 Å². The lowest BCUT2D eigenvalue weighted by molar-refractivity contribution is -0.149. The lowest BCUT2D eigenvalue weighted by Gasteiger charge is -2.18. The molecule has 6 nitrogen and oxygen atoms in total. The molecule has 0 saturated heterocycles. The molecule has 0 spiro atoms. The second kappa shape index (κ2) is 10.9. The van der Waals surface area contributed by atoms with Gasteiger partial charge in [-0.3, -0.25) is 4.79 Å². The highest BCUT2D eigenvalue weighted by Gasteiger charge is 2.25. The summed E-state index contributed by atoms with van der Waals surface area (Å²) in [5.74, 6) is -0.597. The average Bonchev–Trinajstić information content (AvgIpc) is 2.87. The monoisotopic (exact) mass is 452 g/mol. The zero-order valence-electron chi connectivity index (χ0n) is 18.7. The fourth-order valence-electron chi connectivity index (χ4n) is 3.43. The van der Waals surface area contributed by atoms with E-state index >= 15 is 0 Å². The van der Waals surface area contributed by atoms with Gasteiger partial charge in [-0.05, 0) is 37.3 Å². The number of para-hydroxylation sites is 3. The van der Waals surface area contributed by atoms with E-state index in [2.05, 4.69) is 10.3 Å². The van der Waals surface area contributed by atoms with Crippen molar-refractivity contribution in [2.45, 2.75) is 13.0 Å². The molecule has 0 aliphatic heterocycles. The number of amides is 1. The van der Waals surface area contributed by atoms with Gasteiger partial charge in [-0.1, -0.05) is 66.7 Å². The number of ether oxygens (including phenoxy) is 2. The van der Waals surface area contributed by atoms with Crippen molar-refractivity contribution in [2.24, 2.45) is 0 Å². The molecule has 0 aliphatic carbocycles. The third-order valence-electron chi connectivity index (χ3n) is 5.03. The van der Waals surface area contributed by atoms with E-state index in [0.717, 1.165) is 10.9 Å². The van der Waals surface area contributed by atoms with Crippen molar-refractivity contribution in [3.63, 3.8) is 0 Å². The number of esters is 1. The van der Waals surface area contributed by atoms with Gasteiger partial charge in [0.05, 0.1) is 23.5 Å². The standard InChI is InChI=1S/C28H24N2O4/c1-2-33-25-15-9-8-14-24(25)30-28(32)27(21-11-4-3-5-12-21)34-26(31)19-18-22-17-16-20-10-6-7-13-23(20)29-22/h3-19,27H,2H2,1H3,(H,30,32)/b19-18+. The van der Waals surface area contributed by atoms with Crippen LogP contribution >= 0.6 is 0 Å². The molecule has 0 radical (unpaired) electrons. The number of nitrogens with zero attached hydrogens (tertiary/aromatic N) is 1. The Morgan fingerprint density at radius 2 is 1.65 bits per heavy atom. The molecular weight excluding hydrogens is 428 g/mol. The number of anilines is 1. The second-order valence-corrected chi connectivity index (χ2v) is 7.41. The van der Waals surface area contributed by atoms with Crippen LogP contribution in [0.1, 0.15) is 24.3 Å². The summed E-state index contributed by atoms with van der Waals surface area (Å²) >= 11 is 0. The number of benzene rings is 3. The molecule has 1 N–H and O–H groups in total. The molecule has 34 heavy (non-hydrogen) atoms. The summed E-state index contributed by atoms with van der Waals surface area (Å²) < 4.78 is 11.2. The van der Waals surface area contributed by atoms with Gasteiger partial charge in [-0.25, -0.2) is 9.78 Å². The highest BCUT2D eigenvalue weighted by molar-refractivity contribution is 5.98. The summed E-state index contributed by atoms with van der Waals surface area (Å²) in [5.41, 5.74) is 2.50. The number of carbonyl (C=O) groups excluding carboxylic acids is 2. The summed E-state index contributed by atoms with van der Waals surface area (Å²) in [5, 5.41) is 3.83. The molecule has 4 rings (SSSR count). The Morgan fingerprint density at radius 1 is 0.912 bits per heavy atom. The third-order valence-corrected chi connectivity index (χ3v) is 5.03. The minimum Gasteiger partial charge on any atom is -0.492 e. The van der Waals surface area contributed by atoms with Gasteiger partial charge >= 0.3 is 5.97 Å². The Bertz CT molecular complexity index is 1320. The predicted octanol–water partition coefficient (Wildman–Crippen LogP) is 5.57. The van der Waals surface area contributed by atoms with Crippen LogP contribution in [0, 0.1) is 0 Å². The van der Waals surface area contributed by atoms with Crippen LogP contribution in [0.5, 0.6) is 5.75 Å². The topological polar surface area (TPSA) is 77.5 Å². The first-order valence-corrected chi connectivity index (χ1v) is 11.0. The molecule has 0 saturated carbocycles. The molecule has 3 aromatic carbocycles. The summed E-state index contributed by atoms with van der Waals surface area (Å²) in [4.78, 5) is 30.3. The number of nitrogens with one attached hydrogen (secondary N) is 1. The van der Waals surface area contributed by atoms with E-state index in [-0.39, 0.29) is 0 Å². The van der Waals surface area contributed by atoms with Gasteiger partial charge in [0.2, 0.25) is 6.10 Å². The maximum atomic E-state index is 13.1. The quantitative estimate of drug-likeness (QED) is 0.279.